The molecule has 2 rings (SSSR count). The lowest BCUT2D eigenvalue weighted by Crippen LogP contribution is -2.15. The number of nitrogens with one attached hydrogen (secondary N) is 1. The molecule has 0 aliphatic carbocycles. The first-order valence-corrected chi connectivity index (χ1v) is 9.20. The zero-order chi connectivity index (χ0) is 18.6. The molecule has 7 heteroatoms. The maximum Gasteiger partial charge on any atom is 0.338 e. The van der Waals surface area contributed by atoms with Crippen molar-refractivity contribution in [1.82, 2.24) is 0 Å². The van der Waals surface area contributed by atoms with Gasteiger partial charge in [-0.05, 0) is 51.1 Å². The van der Waals surface area contributed by atoms with Crippen LogP contribution < -0.4 is 9.46 Å². The molecule has 0 atom stereocenters. The van der Waals surface area contributed by atoms with Gasteiger partial charge in [0.15, 0.2) is 0 Å². The Bertz CT molecular complexity index is 858. The highest BCUT2D eigenvalue weighted by Crippen LogP contribution is 2.28. The van der Waals surface area contributed by atoms with Gasteiger partial charge in [0.25, 0.3) is 10.0 Å². The number of aryl methyl sites for hydroxylation is 1. The van der Waals surface area contributed by atoms with E-state index in [4.69, 9.17) is 9.47 Å². The van der Waals surface area contributed by atoms with Crippen LogP contribution in [-0.4, -0.2) is 27.6 Å². The Balaban J connectivity index is 2.36. The minimum absolute atomic E-state index is 0.121. The molecule has 0 spiro atoms. The van der Waals surface area contributed by atoms with Crippen molar-refractivity contribution in [3.63, 3.8) is 0 Å². The van der Waals surface area contributed by atoms with Gasteiger partial charge in [-0.25, -0.2) is 13.2 Å². The lowest BCUT2D eigenvalue weighted by atomic mass is 10.2. The first-order chi connectivity index (χ1) is 11.7. The Kier molecular flexibility index (Phi) is 5.69. The van der Waals surface area contributed by atoms with Crippen molar-refractivity contribution in [2.24, 2.45) is 0 Å². The van der Waals surface area contributed by atoms with Crippen LogP contribution in [0.25, 0.3) is 0 Å². The summed E-state index contributed by atoms with van der Waals surface area (Å²) in [6.45, 7) is 5.35. The normalized spacial score (nSPS) is 11.2. The molecular formula is C18H21NO5S. The number of hydrogen-bond acceptors (Lipinski definition) is 5. The number of sulfonamides is 1. The number of ether oxygens (including phenoxy) is 2. The number of hydrogen-bond donors (Lipinski definition) is 1. The van der Waals surface area contributed by atoms with E-state index in [1.54, 1.807) is 26.0 Å². The number of benzene rings is 2. The van der Waals surface area contributed by atoms with Crippen molar-refractivity contribution in [1.29, 1.82) is 0 Å². The molecule has 0 aromatic heterocycles. The second-order valence-corrected chi connectivity index (χ2v) is 7.47. The zero-order valence-electron chi connectivity index (χ0n) is 14.6. The van der Waals surface area contributed by atoms with Gasteiger partial charge < -0.3 is 9.47 Å². The Hall–Kier alpha value is -2.54. The van der Waals surface area contributed by atoms with Crippen LogP contribution in [0, 0.1) is 6.92 Å². The van der Waals surface area contributed by atoms with E-state index >= 15 is 0 Å². The topological polar surface area (TPSA) is 81.7 Å². The smallest absolute Gasteiger partial charge is 0.338 e. The van der Waals surface area contributed by atoms with Crippen molar-refractivity contribution >= 4 is 21.7 Å². The molecule has 0 aliphatic heterocycles. The van der Waals surface area contributed by atoms with E-state index in [0.29, 0.717) is 5.75 Å². The molecule has 0 aliphatic rings. The number of esters is 1. The van der Waals surface area contributed by atoms with Crippen molar-refractivity contribution in [3.8, 4) is 5.75 Å². The van der Waals surface area contributed by atoms with Crippen molar-refractivity contribution in [2.75, 3.05) is 11.8 Å². The van der Waals surface area contributed by atoms with Gasteiger partial charge in [-0.1, -0.05) is 17.7 Å². The highest BCUT2D eigenvalue weighted by atomic mass is 32.2. The second kappa shape index (κ2) is 7.57. The number of methoxy groups -OCH3 is 1. The third-order valence-corrected chi connectivity index (χ3v) is 4.73. The molecule has 0 heterocycles. The Morgan fingerprint density at radius 2 is 1.72 bits per heavy atom. The number of anilines is 1. The van der Waals surface area contributed by atoms with Crippen LogP contribution in [-0.2, 0) is 14.8 Å². The summed E-state index contributed by atoms with van der Waals surface area (Å²) in [5, 5.41) is 0. The largest absolute Gasteiger partial charge is 0.495 e. The summed E-state index contributed by atoms with van der Waals surface area (Å²) >= 11 is 0. The van der Waals surface area contributed by atoms with Gasteiger partial charge in [0, 0.05) is 0 Å². The van der Waals surface area contributed by atoms with Gasteiger partial charge in [-0.2, -0.15) is 0 Å². The van der Waals surface area contributed by atoms with Gasteiger partial charge in [0.05, 0.1) is 29.4 Å². The minimum Gasteiger partial charge on any atom is -0.495 e. The van der Waals surface area contributed by atoms with Gasteiger partial charge in [0.2, 0.25) is 0 Å². The minimum atomic E-state index is -3.81. The van der Waals surface area contributed by atoms with Gasteiger partial charge in [0.1, 0.15) is 5.75 Å². The van der Waals surface area contributed by atoms with Crippen LogP contribution in [0.1, 0.15) is 29.8 Å². The van der Waals surface area contributed by atoms with Crippen LogP contribution in [0.3, 0.4) is 0 Å². The van der Waals surface area contributed by atoms with Gasteiger partial charge in [-0.15, -0.1) is 0 Å². The summed E-state index contributed by atoms with van der Waals surface area (Å²) in [7, 11) is -2.39. The van der Waals surface area contributed by atoms with Gasteiger partial charge >= 0.3 is 5.97 Å². The Morgan fingerprint density at radius 1 is 1.08 bits per heavy atom. The molecule has 0 fully saturated rings. The second-order valence-electron chi connectivity index (χ2n) is 5.79. The first-order valence-electron chi connectivity index (χ1n) is 7.71. The van der Waals surface area contributed by atoms with Crippen molar-refractivity contribution < 1.29 is 22.7 Å². The van der Waals surface area contributed by atoms with E-state index in [2.05, 4.69) is 4.72 Å². The average molecular weight is 363 g/mol. The molecular weight excluding hydrogens is 342 g/mol. The predicted octanol–water partition coefficient (Wildman–Crippen LogP) is 3.37. The Morgan fingerprint density at radius 3 is 2.28 bits per heavy atom. The van der Waals surface area contributed by atoms with Crippen molar-refractivity contribution in [2.45, 2.75) is 31.8 Å². The summed E-state index contributed by atoms with van der Waals surface area (Å²) in [4.78, 5) is 12.2. The summed E-state index contributed by atoms with van der Waals surface area (Å²) in [5.74, 6) is -0.231. The molecule has 6 nitrogen and oxygen atoms in total. The third-order valence-electron chi connectivity index (χ3n) is 3.35. The molecule has 25 heavy (non-hydrogen) atoms. The van der Waals surface area contributed by atoms with E-state index in [9.17, 15) is 13.2 Å². The number of rotatable bonds is 6. The number of carbonyl (C=O) groups excluding carboxylic acids is 1. The molecule has 0 radical (unpaired) electrons. The van der Waals surface area contributed by atoms with E-state index in [1.807, 2.05) is 6.92 Å². The fourth-order valence-electron chi connectivity index (χ4n) is 2.12. The monoisotopic (exact) mass is 363 g/mol. The first kappa shape index (κ1) is 18.8. The van der Waals surface area contributed by atoms with E-state index < -0.39 is 16.0 Å². The quantitative estimate of drug-likeness (QED) is 0.796. The molecule has 0 saturated heterocycles. The standard InChI is InChI=1S/C18H21NO5S/c1-12(2)24-18(20)14-7-10-17(23-4)16(11-14)19-25(21,22)15-8-5-13(3)6-9-15/h5-12,19H,1-4H3. The summed E-state index contributed by atoms with van der Waals surface area (Å²) in [5.41, 5.74) is 1.35. The van der Waals surface area contributed by atoms with Crippen LogP contribution in [0.4, 0.5) is 5.69 Å². The van der Waals surface area contributed by atoms with Crippen LogP contribution in [0.2, 0.25) is 0 Å². The predicted molar refractivity (Wildman–Crippen MR) is 95.5 cm³/mol. The highest BCUT2D eigenvalue weighted by molar-refractivity contribution is 7.92. The van der Waals surface area contributed by atoms with E-state index in [0.717, 1.165) is 5.56 Å². The molecule has 2 aromatic rings. The van der Waals surface area contributed by atoms with Crippen LogP contribution >= 0.6 is 0 Å². The maximum absolute atomic E-state index is 12.6. The lowest BCUT2D eigenvalue weighted by Gasteiger charge is -2.14. The zero-order valence-corrected chi connectivity index (χ0v) is 15.4. The molecule has 0 saturated carbocycles. The number of carbonyl (C=O) groups is 1. The SMILES string of the molecule is COc1ccc(C(=O)OC(C)C)cc1NS(=O)(=O)c1ccc(C)cc1. The molecule has 0 bridgehead atoms. The summed E-state index contributed by atoms with van der Waals surface area (Å²) in [6, 6.07) is 10.9. The van der Waals surface area contributed by atoms with Crippen LogP contribution in [0.15, 0.2) is 47.4 Å². The van der Waals surface area contributed by atoms with Crippen molar-refractivity contribution in [3.05, 3.63) is 53.6 Å². The van der Waals surface area contributed by atoms with E-state index in [-0.39, 0.29) is 22.3 Å². The lowest BCUT2D eigenvalue weighted by molar-refractivity contribution is 0.0378. The molecule has 2 aromatic carbocycles. The molecule has 0 amide bonds. The molecule has 0 unspecified atom stereocenters. The average Bonchev–Trinajstić information content (AvgIpc) is 2.54. The fraction of sp³-hybridized carbons (Fsp3) is 0.278. The summed E-state index contributed by atoms with van der Waals surface area (Å²) in [6.07, 6.45) is -0.276. The van der Waals surface area contributed by atoms with Gasteiger partial charge in [-0.3, -0.25) is 4.72 Å². The fourth-order valence-corrected chi connectivity index (χ4v) is 3.18. The highest BCUT2D eigenvalue weighted by Gasteiger charge is 2.19. The Labute approximate surface area is 147 Å². The van der Waals surface area contributed by atoms with Crippen LogP contribution in [0.5, 0.6) is 5.75 Å². The van der Waals surface area contributed by atoms with E-state index in [1.165, 1.54) is 37.4 Å². The molecule has 134 valence electrons. The maximum atomic E-state index is 12.6. The summed E-state index contributed by atoms with van der Waals surface area (Å²) < 4.78 is 37.9. The molecule has 1 N–H and O–H groups in total. The third kappa shape index (κ3) is 4.73.